The van der Waals surface area contributed by atoms with Crippen molar-refractivity contribution in [2.24, 2.45) is 0 Å². The van der Waals surface area contributed by atoms with Crippen LogP contribution in [0.5, 0.6) is 0 Å². The summed E-state index contributed by atoms with van der Waals surface area (Å²) in [6, 6.07) is 12.0. The third-order valence-electron chi connectivity index (χ3n) is 5.11. The number of nitrogens with zero attached hydrogens (tertiary/aromatic N) is 4. The van der Waals surface area contributed by atoms with Gasteiger partial charge in [0.25, 0.3) is 0 Å². The Labute approximate surface area is 159 Å². The Morgan fingerprint density at radius 3 is 2.85 bits per heavy atom. The van der Waals surface area contributed by atoms with E-state index in [1.807, 2.05) is 42.9 Å². The molecule has 136 valence electrons. The van der Waals surface area contributed by atoms with E-state index in [1.54, 1.807) is 13.3 Å². The summed E-state index contributed by atoms with van der Waals surface area (Å²) < 4.78 is 0. The zero-order valence-electron chi connectivity index (χ0n) is 15.4. The standard InChI is InChI=1S/C22H22N4O/c1-16(27)18-3-2-4-20(9-18)22-10-19(5-7-25-22)21-6-8-26(14-21)13-17-11-23-15-24-12-17/h2-5,7,9-12,15,21H,6,8,13-14H2,1H3/t21-/m0/s1. The topological polar surface area (TPSA) is 59.0 Å². The molecule has 27 heavy (non-hydrogen) atoms. The summed E-state index contributed by atoms with van der Waals surface area (Å²) in [5.74, 6) is 0.566. The molecule has 0 N–H and O–H groups in total. The highest BCUT2D eigenvalue weighted by molar-refractivity contribution is 5.95. The molecule has 1 saturated heterocycles. The second kappa shape index (κ2) is 7.76. The quantitative estimate of drug-likeness (QED) is 0.651. The van der Waals surface area contributed by atoms with Crippen molar-refractivity contribution in [2.75, 3.05) is 13.1 Å². The predicted molar refractivity (Wildman–Crippen MR) is 104 cm³/mol. The van der Waals surface area contributed by atoms with Crippen LogP contribution in [0.15, 0.2) is 61.3 Å². The molecular formula is C22H22N4O. The van der Waals surface area contributed by atoms with Crippen LogP contribution in [0, 0.1) is 0 Å². The number of hydrogen-bond donors (Lipinski definition) is 0. The zero-order chi connectivity index (χ0) is 18.6. The summed E-state index contributed by atoms with van der Waals surface area (Å²) >= 11 is 0. The smallest absolute Gasteiger partial charge is 0.159 e. The molecule has 3 heterocycles. The van der Waals surface area contributed by atoms with Crippen molar-refractivity contribution in [1.29, 1.82) is 0 Å². The molecule has 5 nitrogen and oxygen atoms in total. The van der Waals surface area contributed by atoms with Gasteiger partial charge in [-0.1, -0.05) is 18.2 Å². The van der Waals surface area contributed by atoms with Gasteiger partial charge < -0.3 is 0 Å². The van der Waals surface area contributed by atoms with Gasteiger partial charge in [-0.3, -0.25) is 14.7 Å². The van der Waals surface area contributed by atoms with Crippen molar-refractivity contribution >= 4 is 5.78 Å². The molecule has 3 aromatic rings. The van der Waals surface area contributed by atoms with Gasteiger partial charge in [0.1, 0.15) is 6.33 Å². The average molecular weight is 358 g/mol. The summed E-state index contributed by atoms with van der Waals surface area (Å²) in [4.78, 5) is 26.8. The Balaban J connectivity index is 1.50. The highest BCUT2D eigenvalue weighted by Gasteiger charge is 2.24. The monoisotopic (exact) mass is 358 g/mol. The molecule has 0 spiro atoms. The minimum Gasteiger partial charge on any atom is -0.298 e. The van der Waals surface area contributed by atoms with Crippen molar-refractivity contribution in [3.63, 3.8) is 0 Å². The molecule has 0 aliphatic carbocycles. The van der Waals surface area contributed by atoms with Crippen molar-refractivity contribution in [3.05, 3.63) is 78.0 Å². The lowest BCUT2D eigenvalue weighted by Crippen LogP contribution is -2.20. The Hall–Kier alpha value is -2.92. The third-order valence-corrected chi connectivity index (χ3v) is 5.11. The van der Waals surface area contributed by atoms with E-state index in [2.05, 4.69) is 32.0 Å². The largest absolute Gasteiger partial charge is 0.298 e. The van der Waals surface area contributed by atoms with E-state index < -0.39 is 0 Å². The highest BCUT2D eigenvalue weighted by Crippen LogP contribution is 2.30. The Morgan fingerprint density at radius 1 is 1.19 bits per heavy atom. The van der Waals surface area contributed by atoms with E-state index in [9.17, 15) is 4.79 Å². The van der Waals surface area contributed by atoms with Crippen LogP contribution in [0.3, 0.4) is 0 Å². The van der Waals surface area contributed by atoms with Gasteiger partial charge in [-0.15, -0.1) is 0 Å². The lowest BCUT2D eigenvalue weighted by atomic mass is 9.97. The van der Waals surface area contributed by atoms with Crippen LogP contribution in [-0.4, -0.2) is 38.7 Å². The molecule has 1 fully saturated rings. The van der Waals surface area contributed by atoms with Gasteiger partial charge in [-0.25, -0.2) is 9.97 Å². The lowest BCUT2D eigenvalue weighted by Gasteiger charge is -2.16. The Bertz CT molecular complexity index is 942. The van der Waals surface area contributed by atoms with Crippen molar-refractivity contribution in [1.82, 2.24) is 19.9 Å². The number of ketones is 1. The van der Waals surface area contributed by atoms with Gasteiger partial charge >= 0.3 is 0 Å². The summed E-state index contributed by atoms with van der Waals surface area (Å²) in [6.07, 6.45) is 8.33. The van der Waals surface area contributed by atoms with E-state index in [-0.39, 0.29) is 5.78 Å². The first-order valence-corrected chi connectivity index (χ1v) is 9.22. The van der Waals surface area contributed by atoms with Crippen LogP contribution < -0.4 is 0 Å². The Morgan fingerprint density at radius 2 is 2.04 bits per heavy atom. The fourth-order valence-electron chi connectivity index (χ4n) is 3.67. The molecule has 0 unspecified atom stereocenters. The number of aromatic nitrogens is 3. The fraction of sp³-hybridized carbons (Fsp3) is 0.273. The maximum Gasteiger partial charge on any atom is 0.159 e. The molecule has 5 heteroatoms. The van der Waals surface area contributed by atoms with E-state index in [1.165, 1.54) is 5.56 Å². The van der Waals surface area contributed by atoms with Gasteiger partial charge in [0.2, 0.25) is 0 Å². The van der Waals surface area contributed by atoms with Crippen LogP contribution >= 0.6 is 0 Å². The third kappa shape index (κ3) is 4.09. The zero-order valence-corrected chi connectivity index (χ0v) is 15.4. The number of likely N-dealkylation sites (tertiary alicyclic amines) is 1. The molecule has 1 aliphatic heterocycles. The molecule has 0 radical (unpaired) electrons. The van der Waals surface area contributed by atoms with E-state index in [0.29, 0.717) is 5.92 Å². The van der Waals surface area contributed by atoms with E-state index in [0.717, 1.165) is 48.4 Å². The maximum atomic E-state index is 11.7. The molecule has 0 bridgehead atoms. The highest BCUT2D eigenvalue weighted by atomic mass is 16.1. The van der Waals surface area contributed by atoms with Gasteiger partial charge in [0, 0.05) is 48.4 Å². The Kier molecular flexibility index (Phi) is 5.03. The van der Waals surface area contributed by atoms with Crippen LogP contribution in [0.2, 0.25) is 0 Å². The first kappa shape index (κ1) is 17.5. The lowest BCUT2D eigenvalue weighted by molar-refractivity contribution is 0.101. The fourth-order valence-corrected chi connectivity index (χ4v) is 3.67. The van der Waals surface area contributed by atoms with Crippen LogP contribution in [0.4, 0.5) is 0 Å². The van der Waals surface area contributed by atoms with Gasteiger partial charge in [-0.2, -0.15) is 0 Å². The first-order valence-electron chi connectivity index (χ1n) is 9.22. The van der Waals surface area contributed by atoms with E-state index >= 15 is 0 Å². The summed E-state index contributed by atoms with van der Waals surface area (Å²) in [5, 5.41) is 0. The van der Waals surface area contributed by atoms with Crippen molar-refractivity contribution < 1.29 is 4.79 Å². The average Bonchev–Trinajstić information content (AvgIpc) is 3.17. The summed E-state index contributed by atoms with van der Waals surface area (Å²) in [6.45, 7) is 4.56. The minimum atomic E-state index is 0.0735. The second-order valence-corrected chi connectivity index (χ2v) is 7.08. The second-order valence-electron chi connectivity index (χ2n) is 7.08. The number of benzene rings is 1. The molecule has 4 rings (SSSR count). The molecule has 2 aromatic heterocycles. The van der Waals surface area contributed by atoms with Crippen LogP contribution in [-0.2, 0) is 6.54 Å². The van der Waals surface area contributed by atoms with Crippen LogP contribution in [0.25, 0.3) is 11.3 Å². The summed E-state index contributed by atoms with van der Waals surface area (Å²) in [5.41, 5.74) is 5.08. The SMILES string of the molecule is CC(=O)c1cccc(-c2cc([C@H]3CCN(Cc4cncnc4)C3)ccn2)c1. The normalized spacial score (nSPS) is 17.1. The van der Waals surface area contributed by atoms with Gasteiger partial charge in [0.05, 0.1) is 5.69 Å². The van der Waals surface area contributed by atoms with Crippen LogP contribution in [0.1, 0.15) is 40.7 Å². The number of hydrogen-bond acceptors (Lipinski definition) is 5. The van der Waals surface area contributed by atoms with Crippen molar-refractivity contribution in [3.8, 4) is 11.3 Å². The van der Waals surface area contributed by atoms with Gasteiger partial charge in [-0.05, 0) is 49.6 Å². The molecule has 0 amide bonds. The molecule has 1 aromatic carbocycles. The number of rotatable bonds is 5. The molecule has 0 saturated carbocycles. The number of carbonyl (C=O) groups is 1. The molecular weight excluding hydrogens is 336 g/mol. The van der Waals surface area contributed by atoms with E-state index in [4.69, 9.17) is 0 Å². The first-order chi connectivity index (χ1) is 13.2. The van der Waals surface area contributed by atoms with Crippen molar-refractivity contribution in [2.45, 2.75) is 25.8 Å². The number of Topliss-reactive ketones (excluding diaryl/α,β-unsaturated/α-hetero) is 1. The number of carbonyl (C=O) groups excluding carboxylic acids is 1. The molecule has 1 atom stereocenters. The van der Waals surface area contributed by atoms with Gasteiger partial charge in [0.15, 0.2) is 5.78 Å². The molecule has 1 aliphatic rings. The summed E-state index contributed by atoms with van der Waals surface area (Å²) in [7, 11) is 0. The maximum absolute atomic E-state index is 11.7. The number of pyridine rings is 1. The predicted octanol–water partition coefficient (Wildman–Crippen LogP) is 3.73. The minimum absolute atomic E-state index is 0.0735.